The van der Waals surface area contributed by atoms with E-state index in [1.165, 1.54) is 11.3 Å². The van der Waals surface area contributed by atoms with Crippen LogP contribution >= 0.6 is 22.9 Å². The van der Waals surface area contributed by atoms with Crippen molar-refractivity contribution in [3.8, 4) is 11.3 Å². The minimum atomic E-state index is -0.144. The number of H-pyrrole nitrogens is 1. The van der Waals surface area contributed by atoms with Crippen LogP contribution in [0.4, 0.5) is 0 Å². The van der Waals surface area contributed by atoms with Crippen LogP contribution in [0.3, 0.4) is 0 Å². The molecule has 7 heteroatoms. The van der Waals surface area contributed by atoms with Crippen LogP contribution in [0.5, 0.6) is 0 Å². The fourth-order valence-electron chi connectivity index (χ4n) is 3.00. The second-order valence-corrected chi connectivity index (χ2v) is 7.77. The highest BCUT2D eigenvalue weighted by Crippen LogP contribution is 2.31. The van der Waals surface area contributed by atoms with Crippen LogP contribution in [0.2, 0.25) is 5.02 Å². The predicted octanol–water partition coefficient (Wildman–Crippen LogP) is 5.09. The van der Waals surface area contributed by atoms with E-state index in [1.54, 1.807) is 6.26 Å². The minimum absolute atomic E-state index is 0.0491. The summed E-state index contributed by atoms with van der Waals surface area (Å²) in [6.07, 6.45) is 1.60. The Morgan fingerprint density at radius 3 is 2.78 bits per heavy atom. The highest BCUT2D eigenvalue weighted by molar-refractivity contribution is 7.17. The molecule has 0 saturated carbocycles. The molecule has 0 amide bonds. The molecule has 0 spiro atoms. The molecule has 5 nitrogen and oxygen atoms in total. The lowest BCUT2D eigenvalue weighted by molar-refractivity contribution is 0.244. The predicted molar refractivity (Wildman–Crippen MR) is 109 cm³/mol. The first-order valence-electron chi connectivity index (χ1n) is 8.53. The maximum absolute atomic E-state index is 12.7. The molecule has 0 aliphatic rings. The van der Waals surface area contributed by atoms with Gasteiger partial charge in [-0.1, -0.05) is 23.7 Å². The van der Waals surface area contributed by atoms with E-state index in [-0.39, 0.29) is 11.6 Å². The van der Waals surface area contributed by atoms with Crippen molar-refractivity contribution in [1.82, 2.24) is 14.9 Å². The molecule has 0 aliphatic heterocycles. The number of aromatic amines is 1. The number of rotatable bonds is 5. The maximum atomic E-state index is 12.7. The third-order valence-corrected chi connectivity index (χ3v) is 5.78. The first-order chi connectivity index (χ1) is 13.0. The van der Waals surface area contributed by atoms with E-state index in [1.807, 2.05) is 55.7 Å². The topological polar surface area (TPSA) is 62.1 Å². The van der Waals surface area contributed by atoms with Crippen LogP contribution in [0.1, 0.15) is 24.4 Å². The summed E-state index contributed by atoms with van der Waals surface area (Å²) in [4.78, 5) is 23.2. The summed E-state index contributed by atoms with van der Waals surface area (Å²) in [5.41, 5.74) is 1.78. The molecule has 0 bridgehead atoms. The monoisotopic (exact) mass is 399 g/mol. The van der Waals surface area contributed by atoms with Crippen molar-refractivity contribution in [2.45, 2.75) is 19.5 Å². The first kappa shape index (κ1) is 18.0. The van der Waals surface area contributed by atoms with Gasteiger partial charge in [-0.2, -0.15) is 0 Å². The van der Waals surface area contributed by atoms with Crippen molar-refractivity contribution in [2.24, 2.45) is 0 Å². The Hall–Kier alpha value is -2.41. The van der Waals surface area contributed by atoms with Crippen LogP contribution in [0.15, 0.2) is 57.3 Å². The summed E-state index contributed by atoms with van der Waals surface area (Å²) in [6, 6.07) is 11.4. The zero-order chi connectivity index (χ0) is 19.0. The lowest BCUT2D eigenvalue weighted by Crippen LogP contribution is -2.25. The Morgan fingerprint density at radius 2 is 2.07 bits per heavy atom. The molecule has 138 valence electrons. The highest BCUT2D eigenvalue weighted by Gasteiger charge is 2.19. The third kappa shape index (κ3) is 3.56. The number of fused-ring (bicyclic) bond motifs is 1. The average molecular weight is 400 g/mol. The molecule has 4 aromatic rings. The van der Waals surface area contributed by atoms with Crippen LogP contribution < -0.4 is 5.56 Å². The van der Waals surface area contributed by atoms with E-state index in [0.29, 0.717) is 21.8 Å². The molecule has 0 radical (unpaired) electrons. The molecule has 1 N–H and O–H groups in total. The number of benzene rings is 1. The quantitative estimate of drug-likeness (QED) is 0.507. The van der Waals surface area contributed by atoms with Gasteiger partial charge in [-0.15, -0.1) is 11.3 Å². The third-order valence-electron chi connectivity index (χ3n) is 4.65. The molecular formula is C20H18ClN3O2S. The van der Waals surface area contributed by atoms with Crippen molar-refractivity contribution in [2.75, 3.05) is 7.05 Å². The molecule has 0 saturated heterocycles. The standard InChI is InChI=1S/C20H18ClN3O2S/c1-12(24(2)10-13-5-7-14(21)8-6-13)18-22-19(25)17-15(11-27-20(17)23-18)16-4-3-9-26-16/h3-9,11-12H,10H2,1-2H3,(H,22,23,25). The van der Waals surface area contributed by atoms with E-state index in [2.05, 4.69) is 9.88 Å². The fraction of sp³-hybridized carbons (Fsp3) is 0.200. The van der Waals surface area contributed by atoms with Gasteiger partial charge in [0.15, 0.2) is 0 Å². The van der Waals surface area contributed by atoms with Gasteiger partial charge in [-0.25, -0.2) is 4.98 Å². The van der Waals surface area contributed by atoms with Crippen molar-refractivity contribution in [3.05, 3.63) is 74.8 Å². The molecule has 1 aromatic carbocycles. The SMILES string of the molecule is CC(c1nc2scc(-c3ccco3)c2c(=O)[nH]1)N(C)Cc1ccc(Cl)cc1. The molecule has 3 aromatic heterocycles. The van der Waals surface area contributed by atoms with Crippen molar-refractivity contribution >= 4 is 33.2 Å². The van der Waals surface area contributed by atoms with Crippen molar-refractivity contribution in [1.29, 1.82) is 0 Å². The van der Waals surface area contributed by atoms with Gasteiger partial charge in [0, 0.05) is 22.5 Å². The van der Waals surface area contributed by atoms with Gasteiger partial charge in [-0.05, 0) is 43.8 Å². The van der Waals surface area contributed by atoms with E-state index >= 15 is 0 Å². The van der Waals surface area contributed by atoms with Gasteiger partial charge in [-0.3, -0.25) is 9.69 Å². The highest BCUT2D eigenvalue weighted by atomic mass is 35.5. The van der Waals surface area contributed by atoms with Gasteiger partial charge in [0.2, 0.25) is 0 Å². The molecular weight excluding hydrogens is 382 g/mol. The minimum Gasteiger partial charge on any atom is -0.464 e. The number of halogens is 1. The number of furan rings is 1. The van der Waals surface area contributed by atoms with Crippen LogP contribution in [-0.2, 0) is 6.54 Å². The zero-order valence-electron chi connectivity index (χ0n) is 14.9. The maximum Gasteiger partial charge on any atom is 0.260 e. The summed E-state index contributed by atoms with van der Waals surface area (Å²) in [5, 5.41) is 3.21. The lowest BCUT2D eigenvalue weighted by atomic mass is 10.1. The van der Waals surface area contributed by atoms with Gasteiger partial charge >= 0.3 is 0 Å². The van der Waals surface area contributed by atoms with Gasteiger partial charge in [0.05, 0.1) is 17.7 Å². The van der Waals surface area contributed by atoms with E-state index in [4.69, 9.17) is 21.0 Å². The number of thiophene rings is 1. The van der Waals surface area contributed by atoms with Gasteiger partial charge < -0.3 is 9.40 Å². The largest absolute Gasteiger partial charge is 0.464 e. The van der Waals surface area contributed by atoms with Crippen LogP contribution in [0, 0.1) is 0 Å². The number of aromatic nitrogens is 2. The number of hydrogen-bond acceptors (Lipinski definition) is 5. The van der Waals surface area contributed by atoms with E-state index in [9.17, 15) is 4.79 Å². The molecule has 27 heavy (non-hydrogen) atoms. The molecule has 1 unspecified atom stereocenters. The lowest BCUT2D eigenvalue weighted by Gasteiger charge is -2.24. The Balaban J connectivity index is 1.63. The van der Waals surface area contributed by atoms with Crippen molar-refractivity contribution < 1.29 is 4.42 Å². The Bertz CT molecular complexity index is 1120. The Kier molecular flexibility index (Phi) is 4.86. The van der Waals surface area contributed by atoms with Crippen LogP contribution in [0.25, 0.3) is 21.5 Å². The number of nitrogens with zero attached hydrogens (tertiary/aromatic N) is 2. The van der Waals surface area contributed by atoms with Gasteiger partial charge in [0.25, 0.3) is 5.56 Å². The number of nitrogens with one attached hydrogen (secondary N) is 1. The summed E-state index contributed by atoms with van der Waals surface area (Å²) < 4.78 is 5.44. The van der Waals surface area contributed by atoms with Crippen LogP contribution in [-0.4, -0.2) is 21.9 Å². The first-order valence-corrected chi connectivity index (χ1v) is 9.78. The smallest absolute Gasteiger partial charge is 0.260 e. The molecule has 1 atom stereocenters. The molecule has 4 rings (SSSR count). The second-order valence-electron chi connectivity index (χ2n) is 6.48. The summed E-state index contributed by atoms with van der Waals surface area (Å²) >= 11 is 7.40. The van der Waals surface area contributed by atoms with E-state index in [0.717, 1.165) is 22.7 Å². The van der Waals surface area contributed by atoms with Gasteiger partial charge in [0.1, 0.15) is 16.4 Å². The van der Waals surface area contributed by atoms with E-state index < -0.39 is 0 Å². The van der Waals surface area contributed by atoms with Crippen molar-refractivity contribution in [3.63, 3.8) is 0 Å². The Morgan fingerprint density at radius 1 is 1.30 bits per heavy atom. The summed E-state index contributed by atoms with van der Waals surface area (Å²) in [5.74, 6) is 1.33. The molecule has 0 fully saturated rings. The average Bonchev–Trinajstić information content (AvgIpc) is 3.32. The summed E-state index contributed by atoms with van der Waals surface area (Å²) in [7, 11) is 2.01. The summed E-state index contributed by atoms with van der Waals surface area (Å²) in [6.45, 7) is 2.75. The second kappa shape index (κ2) is 7.31. The normalized spacial score (nSPS) is 12.7. The number of hydrogen-bond donors (Lipinski definition) is 1. The molecule has 3 heterocycles. The fourth-order valence-corrected chi connectivity index (χ4v) is 4.06. The Labute approximate surface area is 165 Å². The zero-order valence-corrected chi connectivity index (χ0v) is 16.5. The molecule has 0 aliphatic carbocycles.